The molecule has 8 heteroatoms. The highest BCUT2D eigenvalue weighted by Crippen LogP contribution is 2.16. The van der Waals surface area contributed by atoms with Gasteiger partial charge in [-0.3, -0.25) is 19.3 Å². The molecule has 1 amide bonds. The minimum Gasteiger partial charge on any atom is -0.463 e. The zero-order valence-corrected chi connectivity index (χ0v) is 14.1. The summed E-state index contributed by atoms with van der Waals surface area (Å²) in [6.45, 7) is 0.530. The van der Waals surface area contributed by atoms with Crippen molar-refractivity contribution in [3.63, 3.8) is 0 Å². The van der Waals surface area contributed by atoms with Gasteiger partial charge >= 0.3 is 0 Å². The zero-order valence-electron chi connectivity index (χ0n) is 14.1. The maximum absolute atomic E-state index is 12.4. The van der Waals surface area contributed by atoms with E-state index in [1.54, 1.807) is 47.5 Å². The Labute approximate surface area is 153 Å². The van der Waals surface area contributed by atoms with Gasteiger partial charge in [-0.15, -0.1) is 0 Å². The second kappa shape index (κ2) is 7.12. The zero-order chi connectivity index (χ0) is 18.6. The summed E-state index contributed by atoms with van der Waals surface area (Å²) < 4.78 is 6.91. The van der Waals surface area contributed by atoms with Gasteiger partial charge in [0.05, 0.1) is 18.5 Å². The van der Waals surface area contributed by atoms with E-state index in [0.717, 1.165) is 5.56 Å². The van der Waals surface area contributed by atoms with Crippen molar-refractivity contribution in [2.75, 3.05) is 5.32 Å². The summed E-state index contributed by atoms with van der Waals surface area (Å²) in [5, 5.41) is 6.92. The number of nitrogens with zero attached hydrogens (tertiary/aromatic N) is 3. The molecular weight excluding hydrogens is 346 g/mol. The molecule has 0 radical (unpaired) electrons. The van der Waals surface area contributed by atoms with E-state index in [2.05, 4.69) is 20.4 Å². The lowest BCUT2D eigenvalue weighted by atomic mass is 10.2. The number of anilines is 1. The van der Waals surface area contributed by atoms with Crippen molar-refractivity contribution in [1.82, 2.24) is 19.7 Å². The van der Waals surface area contributed by atoms with E-state index in [9.17, 15) is 9.59 Å². The molecule has 0 aliphatic rings. The number of carbonyl (C=O) groups is 1. The summed E-state index contributed by atoms with van der Waals surface area (Å²) in [4.78, 5) is 31.3. The maximum atomic E-state index is 12.4. The lowest BCUT2D eigenvalue weighted by Gasteiger charge is -2.03. The molecule has 4 rings (SSSR count). The number of amides is 1. The van der Waals surface area contributed by atoms with Crippen molar-refractivity contribution < 1.29 is 9.21 Å². The molecule has 0 saturated heterocycles. The standard InChI is InChI=1S/C19H15N5O3/c25-18-14(5-6-15(21-18)16-4-2-10-27-16)19(26)22-17-7-9-24(23-17)12-13-3-1-8-20-11-13/h1-11H,12H2,(H,21,25)(H,22,23,26). The van der Waals surface area contributed by atoms with Gasteiger partial charge in [0, 0.05) is 24.7 Å². The number of pyridine rings is 2. The minimum atomic E-state index is -0.533. The summed E-state index contributed by atoms with van der Waals surface area (Å²) in [7, 11) is 0. The Kier molecular flexibility index (Phi) is 4.36. The fourth-order valence-electron chi connectivity index (χ4n) is 2.61. The van der Waals surface area contributed by atoms with Crippen LogP contribution in [-0.4, -0.2) is 25.7 Å². The Balaban J connectivity index is 1.47. The number of rotatable bonds is 5. The van der Waals surface area contributed by atoms with Crippen LogP contribution >= 0.6 is 0 Å². The topological polar surface area (TPSA) is 106 Å². The van der Waals surface area contributed by atoms with E-state index in [4.69, 9.17) is 4.42 Å². The van der Waals surface area contributed by atoms with Crippen molar-refractivity contribution in [2.24, 2.45) is 0 Å². The molecule has 4 aromatic rings. The summed E-state index contributed by atoms with van der Waals surface area (Å²) in [5.74, 6) is 0.348. The SMILES string of the molecule is O=C(Nc1ccn(Cc2cccnc2)n1)c1ccc(-c2ccco2)[nH]c1=O. The highest BCUT2D eigenvalue weighted by Gasteiger charge is 2.14. The van der Waals surface area contributed by atoms with Crippen LogP contribution in [0.4, 0.5) is 5.82 Å². The van der Waals surface area contributed by atoms with E-state index >= 15 is 0 Å². The molecule has 4 aromatic heterocycles. The highest BCUT2D eigenvalue weighted by molar-refractivity contribution is 6.03. The molecule has 8 nitrogen and oxygen atoms in total. The average molecular weight is 361 g/mol. The molecule has 0 aromatic carbocycles. The Hall–Kier alpha value is -3.94. The fourth-order valence-corrected chi connectivity index (χ4v) is 2.61. The molecule has 4 heterocycles. The third-order valence-electron chi connectivity index (χ3n) is 3.89. The first-order valence-corrected chi connectivity index (χ1v) is 8.20. The predicted octanol–water partition coefficient (Wildman–Crippen LogP) is 2.53. The summed E-state index contributed by atoms with van der Waals surface area (Å²) in [6.07, 6.45) is 6.70. The van der Waals surface area contributed by atoms with Crippen LogP contribution in [0.25, 0.3) is 11.5 Å². The van der Waals surface area contributed by atoms with Gasteiger partial charge in [0.1, 0.15) is 11.3 Å². The van der Waals surface area contributed by atoms with E-state index in [-0.39, 0.29) is 5.56 Å². The van der Waals surface area contributed by atoms with Gasteiger partial charge in [-0.05, 0) is 35.9 Å². The van der Waals surface area contributed by atoms with Crippen LogP contribution in [0, 0.1) is 0 Å². The molecule has 0 saturated carbocycles. The molecule has 134 valence electrons. The van der Waals surface area contributed by atoms with Gasteiger partial charge in [0.25, 0.3) is 11.5 Å². The molecule has 0 atom stereocenters. The molecule has 0 aliphatic heterocycles. The lowest BCUT2D eigenvalue weighted by molar-refractivity contribution is 0.102. The molecular formula is C19H15N5O3. The van der Waals surface area contributed by atoms with Gasteiger partial charge in [-0.2, -0.15) is 5.10 Å². The van der Waals surface area contributed by atoms with E-state index in [0.29, 0.717) is 23.8 Å². The van der Waals surface area contributed by atoms with Gasteiger partial charge in [-0.1, -0.05) is 6.07 Å². The average Bonchev–Trinajstić information content (AvgIpc) is 3.35. The smallest absolute Gasteiger partial charge is 0.262 e. The first-order valence-electron chi connectivity index (χ1n) is 8.20. The summed E-state index contributed by atoms with van der Waals surface area (Å²) >= 11 is 0. The Morgan fingerprint density at radius 3 is 2.85 bits per heavy atom. The third-order valence-corrected chi connectivity index (χ3v) is 3.89. The Bertz CT molecular complexity index is 1110. The number of H-pyrrole nitrogens is 1. The lowest BCUT2D eigenvalue weighted by Crippen LogP contribution is -2.23. The molecule has 0 fully saturated rings. The summed E-state index contributed by atoms with van der Waals surface area (Å²) in [5.41, 5.74) is 0.981. The van der Waals surface area contributed by atoms with E-state index < -0.39 is 11.5 Å². The Morgan fingerprint density at radius 1 is 1.19 bits per heavy atom. The van der Waals surface area contributed by atoms with Crippen molar-refractivity contribution in [3.05, 3.63) is 88.8 Å². The first kappa shape index (κ1) is 16.5. The van der Waals surface area contributed by atoms with Crippen LogP contribution in [0.3, 0.4) is 0 Å². The van der Waals surface area contributed by atoms with Gasteiger partial charge < -0.3 is 14.7 Å². The molecule has 0 bridgehead atoms. The number of hydrogen-bond donors (Lipinski definition) is 2. The number of carbonyl (C=O) groups excluding carboxylic acids is 1. The quantitative estimate of drug-likeness (QED) is 0.568. The third kappa shape index (κ3) is 3.69. The molecule has 0 spiro atoms. The van der Waals surface area contributed by atoms with E-state index in [1.165, 1.54) is 12.3 Å². The van der Waals surface area contributed by atoms with Crippen molar-refractivity contribution >= 4 is 11.7 Å². The molecule has 0 aliphatic carbocycles. The normalized spacial score (nSPS) is 10.7. The van der Waals surface area contributed by atoms with Crippen LogP contribution in [0.5, 0.6) is 0 Å². The predicted molar refractivity (Wildman–Crippen MR) is 98.3 cm³/mol. The van der Waals surface area contributed by atoms with Crippen LogP contribution < -0.4 is 10.9 Å². The van der Waals surface area contributed by atoms with Gasteiger partial charge in [0.15, 0.2) is 5.82 Å². The maximum Gasteiger partial charge on any atom is 0.262 e. The van der Waals surface area contributed by atoms with Crippen LogP contribution in [0.1, 0.15) is 15.9 Å². The summed E-state index contributed by atoms with van der Waals surface area (Å²) in [6, 6.07) is 12.0. The van der Waals surface area contributed by atoms with E-state index in [1.807, 2.05) is 12.1 Å². The first-order chi connectivity index (χ1) is 13.2. The number of hydrogen-bond acceptors (Lipinski definition) is 5. The number of nitrogens with one attached hydrogen (secondary N) is 2. The number of aromatic nitrogens is 4. The number of furan rings is 1. The second-order valence-corrected chi connectivity index (χ2v) is 5.81. The van der Waals surface area contributed by atoms with Crippen molar-refractivity contribution in [3.8, 4) is 11.5 Å². The van der Waals surface area contributed by atoms with Crippen LogP contribution in [0.2, 0.25) is 0 Å². The molecule has 0 unspecified atom stereocenters. The van der Waals surface area contributed by atoms with Crippen LogP contribution in [-0.2, 0) is 6.54 Å². The molecule has 2 N–H and O–H groups in total. The minimum absolute atomic E-state index is 0.00730. The fraction of sp³-hybridized carbons (Fsp3) is 0.0526. The number of aromatic amines is 1. The molecule has 27 heavy (non-hydrogen) atoms. The van der Waals surface area contributed by atoms with Crippen molar-refractivity contribution in [1.29, 1.82) is 0 Å². The van der Waals surface area contributed by atoms with Gasteiger partial charge in [0.2, 0.25) is 0 Å². The Morgan fingerprint density at radius 2 is 2.11 bits per heavy atom. The largest absolute Gasteiger partial charge is 0.463 e. The van der Waals surface area contributed by atoms with Crippen molar-refractivity contribution in [2.45, 2.75) is 6.54 Å². The van der Waals surface area contributed by atoms with Gasteiger partial charge in [-0.25, -0.2) is 0 Å². The monoisotopic (exact) mass is 361 g/mol. The highest BCUT2D eigenvalue weighted by atomic mass is 16.3. The van der Waals surface area contributed by atoms with Crippen LogP contribution in [0.15, 0.2) is 76.5 Å². The second-order valence-electron chi connectivity index (χ2n) is 5.81.